The van der Waals surface area contributed by atoms with E-state index >= 15 is 0 Å². The molecule has 1 aromatic heterocycles. The molecular weight excluding hydrogens is 282 g/mol. The molecule has 0 saturated heterocycles. The molecular formula is C20H29N3. The number of aryl methyl sites for hydroxylation is 1. The largest absolute Gasteiger partial charge is 0.381 e. The van der Waals surface area contributed by atoms with Gasteiger partial charge in [0.05, 0.1) is 11.9 Å². The highest BCUT2D eigenvalue weighted by molar-refractivity contribution is 5.61. The van der Waals surface area contributed by atoms with Gasteiger partial charge in [-0.25, -0.2) is 4.98 Å². The number of anilines is 3. The Labute approximate surface area is 140 Å². The van der Waals surface area contributed by atoms with Crippen LogP contribution < -0.4 is 10.6 Å². The van der Waals surface area contributed by atoms with E-state index in [2.05, 4.69) is 42.5 Å². The maximum atomic E-state index is 4.56. The van der Waals surface area contributed by atoms with Gasteiger partial charge in [-0.3, -0.25) is 0 Å². The van der Waals surface area contributed by atoms with Crippen molar-refractivity contribution in [2.75, 3.05) is 10.6 Å². The molecule has 0 spiro atoms. The Morgan fingerprint density at radius 3 is 2.52 bits per heavy atom. The van der Waals surface area contributed by atoms with Crippen LogP contribution in [-0.4, -0.2) is 11.0 Å². The van der Waals surface area contributed by atoms with Crippen molar-refractivity contribution in [1.82, 2.24) is 4.98 Å². The lowest BCUT2D eigenvalue weighted by Crippen LogP contribution is -2.15. The van der Waals surface area contributed by atoms with Gasteiger partial charge in [0.1, 0.15) is 5.82 Å². The van der Waals surface area contributed by atoms with Gasteiger partial charge in [0.15, 0.2) is 0 Å². The van der Waals surface area contributed by atoms with Crippen LogP contribution in [0.2, 0.25) is 0 Å². The lowest BCUT2D eigenvalue weighted by atomic mass is 10.1. The Bertz CT molecular complexity index is 581. The van der Waals surface area contributed by atoms with E-state index in [-0.39, 0.29) is 0 Å². The number of hydrogen-bond acceptors (Lipinski definition) is 3. The van der Waals surface area contributed by atoms with Crippen LogP contribution in [-0.2, 0) is 0 Å². The first-order chi connectivity index (χ1) is 11.2. The average molecular weight is 311 g/mol. The zero-order valence-corrected chi connectivity index (χ0v) is 14.6. The number of rotatable bonds is 9. The molecule has 3 nitrogen and oxygen atoms in total. The van der Waals surface area contributed by atoms with Crippen LogP contribution in [0.25, 0.3) is 0 Å². The summed E-state index contributed by atoms with van der Waals surface area (Å²) in [6.45, 7) is 6.59. The molecule has 2 aromatic rings. The van der Waals surface area contributed by atoms with Crippen LogP contribution in [0.1, 0.15) is 51.5 Å². The summed E-state index contributed by atoms with van der Waals surface area (Å²) < 4.78 is 0. The fraction of sp³-hybridized carbons (Fsp3) is 0.450. The summed E-state index contributed by atoms with van der Waals surface area (Å²) in [5.41, 5.74) is 3.31. The number of benzene rings is 1. The Morgan fingerprint density at radius 2 is 1.83 bits per heavy atom. The summed E-state index contributed by atoms with van der Waals surface area (Å²) in [6, 6.07) is 12.8. The average Bonchev–Trinajstić information content (AvgIpc) is 2.55. The van der Waals surface area contributed by atoms with Crippen LogP contribution >= 0.6 is 0 Å². The van der Waals surface area contributed by atoms with Crippen LogP contribution in [0.4, 0.5) is 17.2 Å². The van der Waals surface area contributed by atoms with E-state index in [0.29, 0.717) is 6.04 Å². The molecule has 3 heteroatoms. The summed E-state index contributed by atoms with van der Waals surface area (Å²) in [5, 5.41) is 6.92. The molecule has 0 aliphatic heterocycles. The third kappa shape index (κ3) is 5.93. The fourth-order valence-corrected chi connectivity index (χ4v) is 2.68. The van der Waals surface area contributed by atoms with Gasteiger partial charge in [0, 0.05) is 11.7 Å². The highest BCUT2D eigenvalue weighted by Crippen LogP contribution is 2.21. The van der Waals surface area contributed by atoms with Crippen molar-refractivity contribution in [2.45, 2.75) is 58.9 Å². The minimum absolute atomic E-state index is 0.487. The van der Waals surface area contributed by atoms with Crippen molar-refractivity contribution in [3.63, 3.8) is 0 Å². The standard InChI is InChI=1S/C20H29N3/c1-4-5-6-8-11-17(3)22-19-14-16(2)20(21-15-19)23-18-12-9-7-10-13-18/h7,9-10,12-15,17,22H,4-6,8,11H2,1-3H3,(H,21,23). The van der Waals surface area contributed by atoms with Crippen LogP contribution in [0, 0.1) is 6.92 Å². The summed E-state index contributed by atoms with van der Waals surface area (Å²) in [4.78, 5) is 4.56. The van der Waals surface area contributed by atoms with Gasteiger partial charge in [-0.05, 0) is 44.0 Å². The van der Waals surface area contributed by atoms with Gasteiger partial charge in [0.2, 0.25) is 0 Å². The van der Waals surface area contributed by atoms with E-state index < -0.39 is 0 Å². The SMILES string of the molecule is CCCCCCC(C)Nc1cnc(Nc2ccccc2)c(C)c1. The van der Waals surface area contributed by atoms with Crippen molar-refractivity contribution in [1.29, 1.82) is 0 Å². The minimum atomic E-state index is 0.487. The van der Waals surface area contributed by atoms with Gasteiger partial charge in [0.25, 0.3) is 0 Å². The molecule has 23 heavy (non-hydrogen) atoms. The Hall–Kier alpha value is -2.03. The first kappa shape index (κ1) is 17.3. The van der Waals surface area contributed by atoms with E-state index in [1.165, 1.54) is 32.1 Å². The number of pyridine rings is 1. The summed E-state index contributed by atoms with van der Waals surface area (Å²) in [6.07, 6.45) is 8.39. The van der Waals surface area contributed by atoms with Crippen LogP contribution in [0.3, 0.4) is 0 Å². The molecule has 2 rings (SSSR count). The summed E-state index contributed by atoms with van der Waals surface area (Å²) >= 11 is 0. The van der Waals surface area contributed by atoms with Gasteiger partial charge < -0.3 is 10.6 Å². The number of hydrogen-bond donors (Lipinski definition) is 2. The molecule has 0 fully saturated rings. The van der Waals surface area contributed by atoms with Crippen LogP contribution in [0.5, 0.6) is 0 Å². The Balaban J connectivity index is 1.88. The first-order valence-corrected chi connectivity index (χ1v) is 8.74. The van der Waals surface area contributed by atoms with Crippen molar-refractivity contribution in [3.8, 4) is 0 Å². The predicted molar refractivity (Wildman–Crippen MR) is 101 cm³/mol. The molecule has 1 unspecified atom stereocenters. The third-order valence-electron chi connectivity index (χ3n) is 4.02. The van der Waals surface area contributed by atoms with Gasteiger partial charge in [-0.1, -0.05) is 50.8 Å². The normalized spacial score (nSPS) is 12.0. The number of nitrogens with one attached hydrogen (secondary N) is 2. The van der Waals surface area contributed by atoms with Crippen LogP contribution in [0.15, 0.2) is 42.6 Å². The molecule has 0 amide bonds. The van der Waals surface area contributed by atoms with E-state index in [9.17, 15) is 0 Å². The molecule has 1 heterocycles. The molecule has 124 valence electrons. The van der Waals surface area contributed by atoms with E-state index in [1.54, 1.807) is 0 Å². The molecule has 1 atom stereocenters. The molecule has 1 aromatic carbocycles. The zero-order valence-electron chi connectivity index (χ0n) is 14.6. The fourth-order valence-electron chi connectivity index (χ4n) is 2.68. The first-order valence-electron chi connectivity index (χ1n) is 8.74. The van der Waals surface area contributed by atoms with Crippen molar-refractivity contribution < 1.29 is 0 Å². The topological polar surface area (TPSA) is 37.0 Å². The zero-order chi connectivity index (χ0) is 16.5. The Morgan fingerprint density at radius 1 is 1.04 bits per heavy atom. The second kappa shape index (κ2) is 9.19. The molecule has 2 N–H and O–H groups in total. The maximum absolute atomic E-state index is 4.56. The number of para-hydroxylation sites is 1. The van der Waals surface area contributed by atoms with Crippen molar-refractivity contribution >= 4 is 17.2 Å². The van der Waals surface area contributed by atoms with Gasteiger partial charge in [-0.2, -0.15) is 0 Å². The smallest absolute Gasteiger partial charge is 0.133 e. The monoisotopic (exact) mass is 311 g/mol. The Kier molecular flexibility index (Phi) is 6.92. The lowest BCUT2D eigenvalue weighted by Gasteiger charge is -2.16. The third-order valence-corrected chi connectivity index (χ3v) is 4.02. The molecule has 0 radical (unpaired) electrons. The van der Waals surface area contributed by atoms with E-state index in [4.69, 9.17) is 0 Å². The molecule has 0 aliphatic rings. The van der Waals surface area contributed by atoms with Crippen molar-refractivity contribution in [2.24, 2.45) is 0 Å². The lowest BCUT2D eigenvalue weighted by molar-refractivity contribution is 0.594. The summed E-state index contributed by atoms with van der Waals surface area (Å²) in [5.74, 6) is 0.914. The number of unbranched alkanes of at least 4 members (excludes halogenated alkanes) is 3. The molecule has 0 aliphatic carbocycles. The highest BCUT2D eigenvalue weighted by Gasteiger charge is 2.05. The second-order valence-electron chi connectivity index (χ2n) is 6.28. The van der Waals surface area contributed by atoms with Gasteiger partial charge in [-0.15, -0.1) is 0 Å². The number of nitrogens with zero attached hydrogens (tertiary/aromatic N) is 1. The van der Waals surface area contributed by atoms with E-state index in [0.717, 1.165) is 22.8 Å². The molecule has 0 saturated carbocycles. The quantitative estimate of drug-likeness (QED) is 0.566. The maximum Gasteiger partial charge on any atom is 0.133 e. The number of aromatic nitrogens is 1. The minimum Gasteiger partial charge on any atom is -0.381 e. The van der Waals surface area contributed by atoms with Gasteiger partial charge >= 0.3 is 0 Å². The predicted octanol–water partition coefficient (Wildman–Crippen LogP) is 5.90. The molecule has 0 bridgehead atoms. The van der Waals surface area contributed by atoms with E-state index in [1.807, 2.05) is 36.5 Å². The van der Waals surface area contributed by atoms with Crippen molar-refractivity contribution in [3.05, 3.63) is 48.2 Å². The summed E-state index contributed by atoms with van der Waals surface area (Å²) in [7, 11) is 0. The second-order valence-corrected chi connectivity index (χ2v) is 6.28. The highest BCUT2D eigenvalue weighted by atomic mass is 15.0.